The number of benzene rings is 1. The van der Waals surface area contributed by atoms with Crippen LogP contribution < -0.4 is 5.32 Å². The van der Waals surface area contributed by atoms with Gasteiger partial charge in [-0.2, -0.15) is 5.10 Å². The number of anilines is 1. The molecule has 0 atom stereocenters. The summed E-state index contributed by atoms with van der Waals surface area (Å²) in [5.41, 5.74) is 6.13. The molecule has 0 spiro atoms. The Labute approximate surface area is 158 Å². The van der Waals surface area contributed by atoms with Gasteiger partial charge < -0.3 is 5.32 Å². The van der Waals surface area contributed by atoms with Crippen molar-refractivity contribution in [3.05, 3.63) is 71.6 Å². The Morgan fingerprint density at radius 2 is 1.89 bits per heavy atom. The Bertz CT molecular complexity index is 971. The van der Waals surface area contributed by atoms with Gasteiger partial charge in [0.15, 0.2) is 5.82 Å². The maximum atomic E-state index is 12.7. The highest BCUT2D eigenvalue weighted by atomic mass is 16.1. The molecule has 27 heavy (non-hydrogen) atoms. The standard InChI is InChI=1S/C22H22N4O/c1-2-19-20(17-11-13-23-14-12-17)25-26-21(19)24-22(27)18-9-7-16(8-10-18)15-5-3-4-6-15/h5,7-14H,2-4,6H2,1H3,(H2,24,25,26,27). The lowest BCUT2D eigenvalue weighted by molar-refractivity contribution is 0.102. The van der Waals surface area contributed by atoms with Crippen LogP contribution in [0.2, 0.25) is 0 Å². The van der Waals surface area contributed by atoms with Crippen LogP contribution in [0.1, 0.15) is 47.7 Å². The summed E-state index contributed by atoms with van der Waals surface area (Å²) in [5.74, 6) is 0.432. The molecule has 1 aliphatic carbocycles. The minimum absolute atomic E-state index is 0.149. The van der Waals surface area contributed by atoms with Crippen LogP contribution in [0.4, 0.5) is 5.82 Å². The SMILES string of the molecule is CCc1c(NC(=O)c2ccc(C3=CCCC3)cc2)n[nH]c1-c1ccncc1. The molecule has 0 fully saturated rings. The highest BCUT2D eigenvalue weighted by Gasteiger charge is 2.16. The maximum absolute atomic E-state index is 12.7. The first kappa shape index (κ1) is 17.2. The summed E-state index contributed by atoms with van der Waals surface area (Å²) in [4.78, 5) is 16.7. The van der Waals surface area contributed by atoms with E-state index in [0.717, 1.165) is 36.1 Å². The van der Waals surface area contributed by atoms with E-state index >= 15 is 0 Å². The van der Waals surface area contributed by atoms with Crippen LogP contribution >= 0.6 is 0 Å². The molecule has 0 radical (unpaired) electrons. The molecule has 0 saturated carbocycles. The first-order valence-electron chi connectivity index (χ1n) is 9.34. The summed E-state index contributed by atoms with van der Waals surface area (Å²) >= 11 is 0. The molecule has 1 aliphatic rings. The van der Waals surface area contributed by atoms with Gasteiger partial charge in [-0.3, -0.25) is 14.9 Å². The molecule has 0 saturated heterocycles. The minimum atomic E-state index is -0.149. The van der Waals surface area contributed by atoms with Gasteiger partial charge in [0.05, 0.1) is 5.69 Å². The van der Waals surface area contributed by atoms with E-state index in [0.29, 0.717) is 11.4 Å². The van der Waals surface area contributed by atoms with Crippen LogP contribution in [-0.2, 0) is 6.42 Å². The predicted molar refractivity (Wildman–Crippen MR) is 107 cm³/mol. The van der Waals surface area contributed by atoms with Crippen LogP contribution in [0.5, 0.6) is 0 Å². The number of nitrogens with zero attached hydrogens (tertiary/aromatic N) is 2. The largest absolute Gasteiger partial charge is 0.305 e. The number of aromatic nitrogens is 3. The number of carbonyl (C=O) groups is 1. The topological polar surface area (TPSA) is 70.7 Å². The average Bonchev–Trinajstić information content (AvgIpc) is 3.39. The molecular weight excluding hydrogens is 336 g/mol. The third-order valence-corrected chi connectivity index (χ3v) is 4.98. The van der Waals surface area contributed by atoms with E-state index in [1.807, 2.05) is 36.4 Å². The quantitative estimate of drug-likeness (QED) is 0.685. The van der Waals surface area contributed by atoms with Crippen molar-refractivity contribution in [3.8, 4) is 11.3 Å². The molecule has 2 aromatic heterocycles. The first-order valence-corrected chi connectivity index (χ1v) is 9.34. The summed E-state index contributed by atoms with van der Waals surface area (Å²) in [7, 11) is 0. The average molecular weight is 358 g/mol. The predicted octanol–water partition coefficient (Wildman–Crippen LogP) is 4.85. The zero-order valence-electron chi connectivity index (χ0n) is 15.3. The van der Waals surface area contributed by atoms with Crippen molar-refractivity contribution < 1.29 is 4.79 Å². The fourth-order valence-electron chi connectivity index (χ4n) is 3.52. The van der Waals surface area contributed by atoms with Crippen molar-refractivity contribution in [2.75, 3.05) is 5.32 Å². The van der Waals surface area contributed by atoms with Crippen LogP contribution in [-0.4, -0.2) is 21.1 Å². The second-order valence-corrected chi connectivity index (χ2v) is 6.67. The van der Waals surface area contributed by atoms with Gasteiger partial charge in [0.2, 0.25) is 0 Å². The van der Waals surface area contributed by atoms with Crippen molar-refractivity contribution in [1.82, 2.24) is 15.2 Å². The van der Waals surface area contributed by atoms with Crippen LogP contribution in [0.3, 0.4) is 0 Å². The van der Waals surface area contributed by atoms with Gasteiger partial charge in [-0.15, -0.1) is 0 Å². The zero-order valence-corrected chi connectivity index (χ0v) is 15.3. The lowest BCUT2D eigenvalue weighted by Gasteiger charge is -2.07. The molecule has 5 nitrogen and oxygen atoms in total. The van der Waals surface area contributed by atoms with Gasteiger partial charge in [-0.1, -0.05) is 25.1 Å². The Morgan fingerprint density at radius 1 is 1.11 bits per heavy atom. The van der Waals surface area contributed by atoms with E-state index in [-0.39, 0.29) is 5.91 Å². The number of pyridine rings is 1. The lowest BCUT2D eigenvalue weighted by atomic mass is 10.0. The van der Waals surface area contributed by atoms with Crippen LogP contribution in [0.25, 0.3) is 16.8 Å². The third-order valence-electron chi connectivity index (χ3n) is 4.98. The van der Waals surface area contributed by atoms with Crippen LogP contribution in [0, 0.1) is 0 Å². The highest BCUT2D eigenvalue weighted by molar-refractivity contribution is 6.04. The van der Waals surface area contributed by atoms with Crippen molar-refractivity contribution in [1.29, 1.82) is 0 Å². The number of H-pyrrole nitrogens is 1. The molecule has 4 rings (SSSR count). The number of hydrogen-bond acceptors (Lipinski definition) is 3. The molecule has 1 amide bonds. The second-order valence-electron chi connectivity index (χ2n) is 6.67. The van der Waals surface area contributed by atoms with E-state index in [2.05, 4.69) is 33.5 Å². The van der Waals surface area contributed by atoms with E-state index in [1.54, 1.807) is 12.4 Å². The number of rotatable bonds is 5. The normalized spacial score (nSPS) is 13.4. The van der Waals surface area contributed by atoms with Gasteiger partial charge >= 0.3 is 0 Å². The van der Waals surface area contributed by atoms with Crippen molar-refractivity contribution in [3.63, 3.8) is 0 Å². The summed E-state index contributed by atoms with van der Waals surface area (Å²) in [6.45, 7) is 2.05. The molecule has 1 aromatic carbocycles. The highest BCUT2D eigenvalue weighted by Crippen LogP contribution is 2.29. The Balaban J connectivity index is 1.54. The Hall–Kier alpha value is -3.21. The van der Waals surface area contributed by atoms with Gasteiger partial charge in [0.25, 0.3) is 5.91 Å². The molecule has 5 heteroatoms. The molecule has 2 heterocycles. The van der Waals surface area contributed by atoms with E-state index < -0.39 is 0 Å². The lowest BCUT2D eigenvalue weighted by Crippen LogP contribution is -2.13. The zero-order chi connectivity index (χ0) is 18.6. The van der Waals surface area contributed by atoms with Gasteiger partial charge in [0.1, 0.15) is 0 Å². The molecule has 136 valence electrons. The number of hydrogen-bond donors (Lipinski definition) is 2. The first-order chi connectivity index (χ1) is 13.3. The summed E-state index contributed by atoms with van der Waals surface area (Å²) < 4.78 is 0. The molecule has 0 bridgehead atoms. The van der Waals surface area contributed by atoms with E-state index in [1.165, 1.54) is 17.6 Å². The number of amides is 1. The number of nitrogens with one attached hydrogen (secondary N) is 2. The van der Waals surface area contributed by atoms with E-state index in [9.17, 15) is 4.79 Å². The van der Waals surface area contributed by atoms with Crippen molar-refractivity contribution in [2.24, 2.45) is 0 Å². The molecule has 3 aromatic rings. The maximum Gasteiger partial charge on any atom is 0.256 e. The fourth-order valence-corrected chi connectivity index (χ4v) is 3.52. The van der Waals surface area contributed by atoms with Gasteiger partial charge in [-0.05, 0) is 61.1 Å². The fraction of sp³-hybridized carbons (Fsp3) is 0.227. The summed E-state index contributed by atoms with van der Waals surface area (Å²) in [6, 6.07) is 11.7. The monoisotopic (exact) mass is 358 g/mol. The minimum Gasteiger partial charge on any atom is -0.305 e. The molecule has 0 aliphatic heterocycles. The van der Waals surface area contributed by atoms with Crippen molar-refractivity contribution in [2.45, 2.75) is 32.6 Å². The Morgan fingerprint density at radius 3 is 2.56 bits per heavy atom. The molecular formula is C22H22N4O. The third kappa shape index (κ3) is 3.53. The van der Waals surface area contributed by atoms with Crippen LogP contribution in [0.15, 0.2) is 54.9 Å². The Kier molecular flexibility index (Phi) is 4.83. The van der Waals surface area contributed by atoms with E-state index in [4.69, 9.17) is 0 Å². The number of allylic oxidation sites excluding steroid dienone is 2. The number of aromatic amines is 1. The number of carbonyl (C=O) groups excluding carboxylic acids is 1. The molecule has 0 unspecified atom stereocenters. The van der Waals surface area contributed by atoms with Gasteiger partial charge in [0, 0.05) is 29.1 Å². The van der Waals surface area contributed by atoms with Gasteiger partial charge in [-0.25, -0.2) is 0 Å². The molecule has 2 N–H and O–H groups in total. The summed E-state index contributed by atoms with van der Waals surface area (Å²) in [5, 5.41) is 10.3. The smallest absolute Gasteiger partial charge is 0.256 e. The summed E-state index contributed by atoms with van der Waals surface area (Å²) in [6.07, 6.45) is 10.0. The second kappa shape index (κ2) is 7.58. The van der Waals surface area contributed by atoms with Crippen molar-refractivity contribution >= 4 is 17.3 Å².